The van der Waals surface area contributed by atoms with Crippen molar-refractivity contribution in [2.45, 2.75) is 38.3 Å². The Labute approximate surface area is 132 Å². The predicted octanol–water partition coefficient (Wildman–Crippen LogP) is 2.32. The van der Waals surface area contributed by atoms with Crippen LogP contribution >= 0.6 is 0 Å². The lowest BCUT2D eigenvalue weighted by atomic mass is 10.1. The Kier molecular flexibility index (Phi) is 4.21. The number of likely N-dealkylation sites (N-methyl/N-ethyl adjacent to an activating group) is 1. The van der Waals surface area contributed by atoms with Crippen molar-refractivity contribution in [3.63, 3.8) is 0 Å². The number of rotatable bonds is 6. The zero-order valence-corrected chi connectivity index (χ0v) is 13.7. The van der Waals surface area contributed by atoms with Gasteiger partial charge in [0.05, 0.1) is 6.42 Å². The molecule has 0 aliphatic heterocycles. The highest BCUT2D eigenvalue weighted by Crippen LogP contribution is 2.26. The van der Waals surface area contributed by atoms with Crippen molar-refractivity contribution >= 4 is 16.8 Å². The van der Waals surface area contributed by atoms with Crippen LogP contribution < -0.4 is 5.32 Å². The Hall–Kier alpha value is -1.81. The lowest BCUT2D eigenvalue weighted by Crippen LogP contribution is -2.41. The van der Waals surface area contributed by atoms with Gasteiger partial charge in [-0.2, -0.15) is 0 Å². The Bertz CT molecular complexity index is 672. The van der Waals surface area contributed by atoms with Gasteiger partial charge in [-0.05, 0) is 38.4 Å². The topological polar surface area (TPSA) is 37.3 Å². The minimum Gasteiger partial charge on any atom is -0.354 e. The van der Waals surface area contributed by atoms with Crippen LogP contribution in [-0.4, -0.2) is 41.1 Å². The van der Waals surface area contributed by atoms with Crippen molar-refractivity contribution in [3.05, 3.63) is 36.0 Å². The standard InChI is InChI=1S/C18H25N3O/c1-13(21(3)15-8-9-15)11-19-18(22)10-14-12-20(2)17-7-5-4-6-16(14)17/h4-7,12-13,15H,8-11H2,1-3H3,(H,19,22). The molecule has 1 N–H and O–H groups in total. The third-order valence-electron chi connectivity index (χ3n) is 4.74. The van der Waals surface area contributed by atoms with E-state index in [4.69, 9.17) is 0 Å². The highest BCUT2D eigenvalue weighted by Gasteiger charge is 2.29. The molecule has 1 atom stereocenters. The number of amides is 1. The van der Waals surface area contributed by atoms with E-state index < -0.39 is 0 Å². The number of nitrogens with one attached hydrogen (secondary N) is 1. The molecule has 0 radical (unpaired) electrons. The summed E-state index contributed by atoms with van der Waals surface area (Å²) in [6, 6.07) is 9.34. The fourth-order valence-corrected chi connectivity index (χ4v) is 3.05. The Morgan fingerprint density at radius 1 is 1.41 bits per heavy atom. The van der Waals surface area contributed by atoms with Gasteiger partial charge in [0.1, 0.15) is 0 Å². The monoisotopic (exact) mass is 299 g/mol. The fourth-order valence-electron chi connectivity index (χ4n) is 3.05. The molecule has 1 fully saturated rings. The molecular formula is C18H25N3O. The number of hydrogen-bond donors (Lipinski definition) is 1. The largest absolute Gasteiger partial charge is 0.354 e. The molecule has 0 spiro atoms. The number of benzene rings is 1. The number of para-hydroxylation sites is 1. The number of fused-ring (bicyclic) bond motifs is 1. The molecule has 0 saturated heterocycles. The number of hydrogen-bond acceptors (Lipinski definition) is 2. The summed E-state index contributed by atoms with van der Waals surface area (Å²) in [6.07, 6.45) is 5.10. The summed E-state index contributed by atoms with van der Waals surface area (Å²) in [6.45, 7) is 2.90. The Balaban J connectivity index is 1.59. The van der Waals surface area contributed by atoms with E-state index in [9.17, 15) is 4.79 Å². The average molecular weight is 299 g/mol. The summed E-state index contributed by atoms with van der Waals surface area (Å²) in [5, 5.41) is 4.25. The third-order valence-corrected chi connectivity index (χ3v) is 4.74. The highest BCUT2D eigenvalue weighted by molar-refractivity contribution is 5.89. The van der Waals surface area contributed by atoms with Crippen LogP contribution in [0, 0.1) is 0 Å². The van der Waals surface area contributed by atoms with Crippen molar-refractivity contribution < 1.29 is 4.79 Å². The molecule has 1 saturated carbocycles. The summed E-state index contributed by atoms with van der Waals surface area (Å²) in [5.74, 6) is 0.104. The first-order valence-corrected chi connectivity index (χ1v) is 8.08. The molecule has 1 aliphatic carbocycles. The second-order valence-corrected chi connectivity index (χ2v) is 6.51. The zero-order valence-electron chi connectivity index (χ0n) is 13.7. The molecule has 1 heterocycles. The van der Waals surface area contributed by atoms with Crippen molar-refractivity contribution in [1.82, 2.24) is 14.8 Å². The van der Waals surface area contributed by atoms with E-state index >= 15 is 0 Å². The van der Waals surface area contributed by atoms with E-state index in [1.807, 2.05) is 19.2 Å². The lowest BCUT2D eigenvalue weighted by molar-refractivity contribution is -0.120. The maximum absolute atomic E-state index is 12.2. The molecule has 2 aromatic rings. The second-order valence-electron chi connectivity index (χ2n) is 6.51. The molecule has 1 aromatic heterocycles. The van der Waals surface area contributed by atoms with Gasteiger partial charge >= 0.3 is 0 Å². The average Bonchev–Trinajstić information content (AvgIpc) is 3.31. The van der Waals surface area contributed by atoms with Crippen molar-refractivity contribution in [2.75, 3.05) is 13.6 Å². The van der Waals surface area contributed by atoms with E-state index in [0.717, 1.165) is 18.2 Å². The highest BCUT2D eigenvalue weighted by atomic mass is 16.1. The van der Waals surface area contributed by atoms with Crippen LogP contribution in [0.2, 0.25) is 0 Å². The van der Waals surface area contributed by atoms with Gasteiger partial charge in [-0.3, -0.25) is 9.69 Å². The molecule has 1 amide bonds. The summed E-state index contributed by atoms with van der Waals surface area (Å²) in [7, 11) is 4.18. The van der Waals surface area contributed by atoms with E-state index in [2.05, 4.69) is 47.1 Å². The molecule has 22 heavy (non-hydrogen) atoms. The van der Waals surface area contributed by atoms with Crippen LogP contribution in [0.3, 0.4) is 0 Å². The van der Waals surface area contributed by atoms with Gasteiger partial charge in [-0.25, -0.2) is 0 Å². The first kappa shape index (κ1) is 15.1. The number of carbonyl (C=O) groups excluding carboxylic acids is 1. The van der Waals surface area contributed by atoms with E-state index in [-0.39, 0.29) is 5.91 Å². The molecular weight excluding hydrogens is 274 g/mol. The molecule has 4 heteroatoms. The third kappa shape index (κ3) is 3.17. The Morgan fingerprint density at radius 2 is 2.14 bits per heavy atom. The molecule has 118 valence electrons. The quantitative estimate of drug-likeness (QED) is 0.889. The van der Waals surface area contributed by atoms with Crippen molar-refractivity contribution in [3.8, 4) is 0 Å². The van der Waals surface area contributed by atoms with E-state index in [1.54, 1.807) is 0 Å². The summed E-state index contributed by atoms with van der Waals surface area (Å²) >= 11 is 0. The minimum atomic E-state index is 0.104. The minimum absolute atomic E-state index is 0.104. The molecule has 3 rings (SSSR count). The van der Waals surface area contributed by atoms with Gasteiger partial charge in [0.15, 0.2) is 0 Å². The van der Waals surface area contributed by atoms with E-state index in [0.29, 0.717) is 12.5 Å². The number of aryl methyl sites for hydroxylation is 1. The maximum Gasteiger partial charge on any atom is 0.224 e. The van der Waals surface area contributed by atoms with E-state index in [1.165, 1.54) is 23.7 Å². The van der Waals surface area contributed by atoms with Crippen molar-refractivity contribution in [1.29, 1.82) is 0 Å². The fraction of sp³-hybridized carbons (Fsp3) is 0.500. The van der Waals surface area contributed by atoms with Gasteiger partial charge in [0.2, 0.25) is 5.91 Å². The SMILES string of the molecule is CC(CNC(=O)Cc1cn(C)c2ccccc12)N(C)C1CC1. The normalized spacial score (nSPS) is 16.2. The van der Waals surface area contributed by atoms with Crippen LogP contribution in [0.15, 0.2) is 30.5 Å². The predicted molar refractivity (Wildman–Crippen MR) is 89.9 cm³/mol. The maximum atomic E-state index is 12.2. The van der Waals surface area contributed by atoms with Crippen LogP contribution in [-0.2, 0) is 18.3 Å². The van der Waals surface area contributed by atoms with Gasteiger partial charge in [0.25, 0.3) is 0 Å². The smallest absolute Gasteiger partial charge is 0.224 e. The van der Waals surface area contributed by atoms with Crippen LogP contribution in [0.4, 0.5) is 0 Å². The van der Waals surface area contributed by atoms with Crippen LogP contribution in [0.5, 0.6) is 0 Å². The first-order chi connectivity index (χ1) is 10.6. The lowest BCUT2D eigenvalue weighted by Gasteiger charge is -2.24. The number of aromatic nitrogens is 1. The first-order valence-electron chi connectivity index (χ1n) is 8.08. The van der Waals surface area contributed by atoms with Crippen LogP contribution in [0.25, 0.3) is 10.9 Å². The second kappa shape index (κ2) is 6.13. The molecule has 1 aromatic carbocycles. The summed E-state index contributed by atoms with van der Waals surface area (Å²) in [5.41, 5.74) is 2.27. The Morgan fingerprint density at radius 3 is 2.86 bits per heavy atom. The molecule has 4 nitrogen and oxygen atoms in total. The molecule has 0 bridgehead atoms. The van der Waals surface area contributed by atoms with Gasteiger partial charge in [-0.1, -0.05) is 18.2 Å². The van der Waals surface area contributed by atoms with Gasteiger partial charge in [0, 0.05) is 42.8 Å². The zero-order chi connectivity index (χ0) is 15.7. The number of nitrogens with zero attached hydrogens (tertiary/aromatic N) is 2. The summed E-state index contributed by atoms with van der Waals surface area (Å²) in [4.78, 5) is 14.6. The van der Waals surface area contributed by atoms with Crippen molar-refractivity contribution in [2.24, 2.45) is 7.05 Å². The van der Waals surface area contributed by atoms with Gasteiger partial charge < -0.3 is 9.88 Å². The molecule has 1 unspecified atom stereocenters. The van der Waals surface area contributed by atoms with Crippen LogP contribution in [0.1, 0.15) is 25.3 Å². The summed E-state index contributed by atoms with van der Waals surface area (Å²) < 4.78 is 2.08. The molecule has 1 aliphatic rings. The number of carbonyl (C=O) groups is 1. The van der Waals surface area contributed by atoms with Gasteiger partial charge in [-0.15, -0.1) is 0 Å².